The van der Waals surface area contributed by atoms with E-state index in [0.29, 0.717) is 18.0 Å². The second kappa shape index (κ2) is 7.83. The van der Waals surface area contributed by atoms with Crippen molar-refractivity contribution in [2.45, 2.75) is 19.3 Å². The minimum Gasteiger partial charge on any atom is -0.335 e. The Morgan fingerprint density at radius 2 is 2.12 bits per heavy atom. The highest BCUT2D eigenvalue weighted by atomic mass is 16.2. The van der Waals surface area contributed by atoms with E-state index < -0.39 is 0 Å². The number of hydrogen-bond donors (Lipinski definition) is 1. The van der Waals surface area contributed by atoms with Crippen molar-refractivity contribution < 1.29 is 4.79 Å². The topological polar surface area (TPSA) is 45.2 Å². The average molecular weight is 347 g/mol. The van der Waals surface area contributed by atoms with Crippen molar-refractivity contribution in [3.05, 3.63) is 71.6 Å². The van der Waals surface area contributed by atoms with Crippen LogP contribution in [0.2, 0.25) is 0 Å². The lowest BCUT2D eigenvalue weighted by atomic mass is 9.98. The molecule has 1 N–H and O–H groups in total. The maximum absolute atomic E-state index is 12.9. The summed E-state index contributed by atoms with van der Waals surface area (Å²) in [5, 5.41) is 3.40. The van der Waals surface area contributed by atoms with Gasteiger partial charge in [-0.25, -0.2) is 0 Å². The summed E-state index contributed by atoms with van der Waals surface area (Å²) in [5.74, 6) is 0.751. The van der Waals surface area contributed by atoms with Gasteiger partial charge in [0, 0.05) is 25.5 Å². The highest BCUT2D eigenvalue weighted by Gasteiger charge is 2.21. The smallest absolute Gasteiger partial charge is 0.255 e. The molecular weight excluding hydrogens is 322 g/mol. The van der Waals surface area contributed by atoms with Crippen LogP contribution in [-0.2, 0) is 6.42 Å². The number of nitrogens with zero attached hydrogens (tertiary/aromatic N) is 2. The molecule has 4 nitrogen and oxygen atoms in total. The van der Waals surface area contributed by atoms with E-state index in [1.54, 1.807) is 6.20 Å². The van der Waals surface area contributed by atoms with Crippen molar-refractivity contribution in [1.29, 1.82) is 0 Å². The molecule has 0 spiro atoms. The Balaban J connectivity index is 1.42. The number of carbonyl (C=O) groups excluding carboxylic acids is 1. The summed E-state index contributed by atoms with van der Waals surface area (Å²) in [7, 11) is 0. The summed E-state index contributed by atoms with van der Waals surface area (Å²) in [6, 6.07) is 12.5. The fourth-order valence-corrected chi connectivity index (χ4v) is 3.89. The second-order valence-corrected chi connectivity index (χ2v) is 7.24. The van der Waals surface area contributed by atoms with Crippen LogP contribution in [0.15, 0.2) is 54.9 Å². The minimum atomic E-state index is 0.0901. The number of nitrogens with one attached hydrogen (secondary N) is 1. The van der Waals surface area contributed by atoms with E-state index >= 15 is 0 Å². The molecule has 0 bridgehead atoms. The Morgan fingerprint density at radius 3 is 2.85 bits per heavy atom. The Bertz CT molecular complexity index is 794. The van der Waals surface area contributed by atoms with Crippen LogP contribution in [0.25, 0.3) is 5.57 Å². The molecule has 0 radical (unpaired) electrons. The first kappa shape index (κ1) is 17.0. The first-order valence-electron chi connectivity index (χ1n) is 9.48. The lowest BCUT2D eigenvalue weighted by Gasteiger charge is -2.27. The second-order valence-electron chi connectivity index (χ2n) is 7.24. The third-order valence-electron chi connectivity index (χ3n) is 5.37. The first-order valence-corrected chi connectivity index (χ1v) is 9.48. The molecule has 1 aromatic carbocycles. The highest BCUT2D eigenvalue weighted by molar-refractivity contribution is 5.94. The van der Waals surface area contributed by atoms with Crippen LogP contribution in [0.5, 0.6) is 0 Å². The van der Waals surface area contributed by atoms with Crippen molar-refractivity contribution in [1.82, 2.24) is 15.2 Å². The molecule has 0 aliphatic carbocycles. The third kappa shape index (κ3) is 3.86. The number of amides is 1. The standard InChI is InChI=1S/C22H25N3O/c26-22(21-13-18(15-24-16-21)12-17-6-9-23-14-17)25-10-7-20(8-11-25)19-4-2-1-3-5-19/h1-5,7,13,15-17,23H,6,8-12,14H2. The number of rotatable bonds is 4. The molecule has 1 atom stereocenters. The van der Waals surface area contributed by atoms with Crippen LogP contribution in [0.1, 0.15) is 34.3 Å². The van der Waals surface area contributed by atoms with E-state index in [0.717, 1.165) is 32.5 Å². The van der Waals surface area contributed by atoms with Crippen LogP contribution in [0, 0.1) is 5.92 Å². The molecule has 2 aromatic rings. The molecule has 1 fully saturated rings. The van der Waals surface area contributed by atoms with E-state index in [2.05, 4.69) is 40.6 Å². The van der Waals surface area contributed by atoms with E-state index in [4.69, 9.17) is 0 Å². The molecular formula is C22H25N3O. The van der Waals surface area contributed by atoms with E-state index in [1.165, 1.54) is 23.1 Å². The Labute approximate surface area is 154 Å². The summed E-state index contributed by atoms with van der Waals surface area (Å²) in [6.07, 6.45) is 8.89. The van der Waals surface area contributed by atoms with Gasteiger partial charge < -0.3 is 10.2 Å². The zero-order valence-corrected chi connectivity index (χ0v) is 15.0. The summed E-state index contributed by atoms with van der Waals surface area (Å²) < 4.78 is 0. The summed E-state index contributed by atoms with van der Waals surface area (Å²) >= 11 is 0. The van der Waals surface area contributed by atoms with Crippen LogP contribution < -0.4 is 5.32 Å². The Kier molecular flexibility index (Phi) is 5.12. The number of aromatic nitrogens is 1. The highest BCUT2D eigenvalue weighted by Crippen LogP contribution is 2.23. The van der Waals surface area contributed by atoms with Crippen LogP contribution >= 0.6 is 0 Å². The zero-order chi connectivity index (χ0) is 17.8. The Hall–Kier alpha value is -2.46. The Morgan fingerprint density at radius 1 is 1.23 bits per heavy atom. The van der Waals surface area contributed by atoms with E-state index in [-0.39, 0.29) is 5.91 Å². The number of hydrogen-bond acceptors (Lipinski definition) is 3. The van der Waals surface area contributed by atoms with Crippen molar-refractivity contribution in [3.8, 4) is 0 Å². The predicted molar refractivity (Wildman–Crippen MR) is 104 cm³/mol. The SMILES string of the molecule is O=C(c1cncc(CC2CCNC2)c1)N1CC=C(c2ccccc2)CC1. The fraction of sp³-hybridized carbons (Fsp3) is 0.364. The van der Waals surface area contributed by atoms with Gasteiger partial charge in [0.15, 0.2) is 0 Å². The molecule has 1 saturated heterocycles. The van der Waals surface area contributed by atoms with Gasteiger partial charge in [-0.3, -0.25) is 9.78 Å². The van der Waals surface area contributed by atoms with Gasteiger partial charge in [-0.15, -0.1) is 0 Å². The largest absolute Gasteiger partial charge is 0.335 e. The predicted octanol–water partition coefficient (Wildman–Crippen LogP) is 3.16. The molecule has 4 rings (SSSR count). The maximum Gasteiger partial charge on any atom is 0.255 e. The molecule has 1 unspecified atom stereocenters. The molecule has 0 saturated carbocycles. The zero-order valence-electron chi connectivity index (χ0n) is 15.0. The van der Waals surface area contributed by atoms with Gasteiger partial charge >= 0.3 is 0 Å². The lowest BCUT2D eigenvalue weighted by molar-refractivity contribution is 0.0772. The van der Waals surface area contributed by atoms with Gasteiger partial charge in [-0.05, 0) is 61.0 Å². The quantitative estimate of drug-likeness (QED) is 0.924. The number of pyridine rings is 1. The molecule has 3 heterocycles. The lowest BCUT2D eigenvalue weighted by Crippen LogP contribution is -2.34. The minimum absolute atomic E-state index is 0.0901. The molecule has 2 aliphatic heterocycles. The van der Waals surface area contributed by atoms with Gasteiger partial charge in [0.2, 0.25) is 0 Å². The van der Waals surface area contributed by atoms with Gasteiger partial charge in [0.1, 0.15) is 0 Å². The molecule has 134 valence electrons. The average Bonchev–Trinajstić information content (AvgIpc) is 3.21. The number of benzene rings is 1. The first-order chi connectivity index (χ1) is 12.8. The van der Waals surface area contributed by atoms with Crippen LogP contribution in [0.4, 0.5) is 0 Å². The summed E-state index contributed by atoms with van der Waals surface area (Å²) in [6.45, 7) is 3.59. The molecule has 4 heteroatoms. The monoisotopic (exact) mass is 347 g/mol. The molecule has 1 aromatic heterocycles. The van der Waals surface area contributed by atoms with Gasteiger partial charge in [0.05, 0.1) is 5.56 Å². The van der Waals surface area contributed by atoms with Gasteiger partial charge in [-0.1, -0.05) is 36.4 Å². The van der Waals surface area contributed by atoms with Crippen molar-refractivity contribution in [2.24, 2.45) is 5.92 Å². The molecule has 1 amide bonds. The van der Waals surface area contributed by atoms with Gasteiger partial charge in [0.25, 0.3) is 5.91 Å². The normalized spacial score (nSPS) is 20.1. The van der Waals surface area contributed by atoms with E-state index in [9.17, 15) is 4.79 Å². The van der Waals surface area contributed by atoms with Crippen LogP contribution in [-0.4, -0.2) is 42.0 Å². The molecule has 2 aliphatic rings. The third-order valence-corrected chi connectivity index (χ3v) is 5.37. The van der Waals surface area contributed by atoms with Crippen molar-refractivity contribution in [2.75, 3.05) is 26.2 Å². The maximum atomic E-state index is 12.9. The van der Waals surface area contributed by atoms with Crippen molar-refractivity contribution in [3.63, 3.8) is 0 Å². The van der Waals surface area contributed by atoms with Crippen LogP contribution in [0.3, 0.4) is 0 Å². The summed E-state index contributed by atoms with van der Waals surface area (Å²) in [5.41, 5.74) is 4.47. The fourth-order valence-electron chi connectivity index (χ4n) is 3.89. The summed E-state index contributed by atoms with van der Waals surface area (Å²) in [4.78, 5) is 19.1. The molecule has 26 heavy (non-hydrogen) atoms. The van der Waals surface area contributed by atoms with Gasteiger partial charge in [-0.2, -0.15) is 0 Å². The van der Waals surface area contributed by atoms with Crippen molar-refractivity contribution >= 4 is 11.5 Å². The van der Waals surface area contributed by atoms with E-state index in [1.807, 2.05) is 23.2 Å². The number of carbonyl (C=O) groups is 1.